The van der Waals surface area contributed by atoms with Crippen molar-refractivity contribution in [3.05, 3.63) is 216 Å². The van der Waals surface area contributed by atoms with Crippen LogP contribution in [0.2, 0.25) is 0 Å². The van der Waals surface area contributed by atoms with E-state index in [1.54, 1.807) is 0 Å². The summed E-state index contributed by atoms with van der Waals surface area (Å²) in [5.74, 6) is 0. The van der Waals surface area contributed by atoms with Gasteiger partial charge in [-0.15, -0.1) is 0 Å². The smallest absolute Gasteiger partial charge is 0.144 e. The van der Waals surface area contributed by atoms with Gasteiger partial charge in [-0.05, 0) is 140 Å². The zero-order chi connectivity index (χ0) is 48.9. The molecular formula is C68H48N2O3. The van der Waals surface area contributed by atoms with Crippen LogP contribution in [-0.4, -0.2) is 4.98 Å². The molecule has 5 nitrogen and oxygen atoms in total. The molecule has 0 radical (unpaired) electrons. The van der Waals surface area contributed by atoms with Gasteiger partial charge in [0.2, 0.25) is 0 Å². The molecule has 0 unspecified atom stereocenters. The third-order valence-electron chi connectivity index (χ3n) is 17.3. The third kappa shape index (κ3) is 5.19. The van der Waals surface area contributed by atoms with E-state index < -0.39 is 0 Å². The van der Waals surface area contributed by atoms with Gasteiger partial charge in [0.05, 0.1) is 0 Å². The van der Waals surface area contributed by atoms with E-state index in [1.165, 1.54) is 72.1 Å². The molecule has 0 spiro atoms. The molecule has 348 valence electrons. The Balaban J connectivity index is 0.937. The zero-order valence-electron chi connectivity index (χ0n) is 41.4. The Morgan fingerprint density at radius 1 is 0.356 bits per heavy atom. The molecule has 13 aromatic rings. The first-order chi connectivity index (χ1) is 35.5. The van der Waals surface area contributed by atoms with Crippen molar-refractivity contribution < 1.29 is 13.3 Å². The number of para-hydroxylation sites is 3. The molecule has 3 aliphatic rings. The second-order valence-electron chi connectivity index (χ2n) is 22.2. The zero-order valence-corrected chi connectivity index (χ0v) is 41.4. The minimum atomic E-state index is -0.363. The fourth-order valence-electron chi connectivity index (χ4n) is 13.9. The van der Waals surface area contributed by atoms with Crippen molar-refractivity contribution in [1.82, 2.24) is 4.98 Å². The normalized spacial score (nSPS) is 15.3. The van der Waals surface area contributed by atoms with Gasteiger partial charge in [0.1, 0.15) is 33.5 Å². The fraction of sp³-hybridized carbons (Fsp3) is 0.132. The number of aromatic nitrogens is 1. The lowest BCUT2D eigenvalue weighted by atomic mass is 9.72. The first-order valence-electron chi connectivity index (χ1n) is 25.5. The lowest BCUT2D eigenvalue weighted by Gasteiger charge is -2.32. The Morgan fingerprint density at radius 3 is 1.58 bits per heavy atom. The van der Waals surface area contributed by atoms with Crippen LogP contribution in [0.1, 0.15) is 74.9 Å². The Morgan fingerprint density at radius 2 is 0.863 bits per heavy atom. The van der Waals surface area contributed by atoms with Gasteiger partial charge in [0, 0.05) is 95.2 Å². The van der Waals surface area contributed by atoms with Crippen LogP contribution >= 0.6 is 0 Å². The molecule has 0 atom stereocenters. The highest BCUT2D eigenvalue weighted by molar-refractivity contribution is 6.22. The molecule has 0 saturated carbocycles. The maximum Gasteiger partial charge on any atom is 0.144 e. The molecular weight excluding hydrogens is 893 g/mol. The number of furan rings is 3. The lowest BCUT2D eigenvalue weighted by Crippen LogP contribution is -2.24. The van der Waals surface area contributed by atoms with Crippen molar-refractivity contribution in [3.8, 4) is 44.5 Å². The Hall–Kier alpha value is -8.67. The van der Waals surface area contributed by atoms with E-state index in [0.717, 1.165) is 88.6 Å². The fourth-order valence-corrected chi connectivity index (χ4v) is 13.9. The number of hydrogen-bond donors (Lipinski definition) is 0. The van der Waals surface area contributed by atoms with Gasteiger partial charge in [0.15, 0.2) is 0 Å². The van der Waals surface area contributed by atoms with E-state index in [2.05, 4.69) is 215 Å². The molecule has 4 aromatic heterocycles. The van der Waals surface area contributed by atoms with Gasteiger partial charge in [-0.25, -0.2) is 0 Å². The largest absolute Gasteiger partial charge is 0.456 e. The first kappa shape index (κ1) is 41.0. The Kier molecular flexibility index (Phi) is 7.77. The van der Waals surface area contributed by atoms with E-state index in [1.807, 2.05) is 18.5 Å². The van der Waals surface area contributed by atoms with E-state index in [-0.39, 0.29) is 16.2 Å². The molecule has 16 rings (SSSR count). The predicted octanol–water partition coefficient (Wildman–Crippen LogP) is 18.8. The molecule has 9 aromatic carbocycles. The topological polar surface area (TPSA) is 55.6 Å². The van der Waals surface area contributed by atoms with Crippen molar-refractivity contribution in [1.29, 1.82) is 0 Å². The maximum absolute atomic E-state index is 7.01. The summed E-state index contributed by atoms with van der Waals surface area (Å²) in [6, 6.07) is 62.0. The van der Waals surface area contributed by atoms with Gasteiger partial charge < -0.3 is 18.2 Å². The summed E-state index contributed by atoms with van der Waals surface area (Å²) in [6.45, 7) is 14.4. The van der Waals surface area contributed by atoms with Crippen LogP contribution in [0.25, 0.3) is 110 Å². The molecule has 0 N–H and O–H groups in total. The second kappa shape index (κ2) is 13.8. The number of rotatable bonds is 4. The highest BCUT2D eigenvalue weighted by Gasteiger charge is 2.49. The quantitative estimate of drug-likeness (QED) is 0.176. The summed E-state index contributed by atoms with van der Waals surface area (Å²) in [4.78, 5) is 6.82. The molecule has 73 heavy (non-hydrogen) atoms. The molecule has 0 amide bonds. The molecule has 0 bridgehead atoms. The predicted molar refractivity (Wildman–Crippen MR) is 299 cm³/mol. The molecule has 4 heterocycles. The van der Waals surface area contributed by atoms with Gasteiger partial charge >= 0.3 is 0 Å². The molecule has 0 aliphatic heterocycles. The maximum atomic E-state index is 7.01. The van der Waals surface area contributed by atoms with Crippen molar-refractivity contribution >= 4 is 82.9 Å². The third-order valence-corrected chi connectivity index (χ3v) is 17.3. The number of nitrogens with zero attached hydrogens (tertiary/aromatic N) is 2. The summed E-state index contributed by atoms with van der Waals surface area (Å²) in [6.07, 6.45) is 3.73. The van der Waals surface area contributed by atoms with Crippen LogP contribution in [0, 0.1) is 0 Å². The minimum absolute atomic E-state index is 0.248. The second-order valence-corrected chi connectivity index (χ2v) is 22.2. The molecule has 3 aliphatic carbocycles. The summed E-state index contributed by atoms with van der Waals surface area (Å²) in [5, 5.41) is 6.86. The highest BCUT2D eigenvalue weighted by Crippen LogP contribution is 2.64. The van der Waals surface area contributed by atoms with Crippen LogP contribution in [0.3, 0.4) is 0 Å². The van der Waals surface area contributed by atoms with Crippen molar-refractivity contribution in [3.63, 3.8) is 0 Å². The lowest BCUT2D eigenvalue weighted by molar-refractivity contribution is 0.600. The Bertz CT molecular complexity index is 4600. The number of anilines is 3. The van der Waals surface area contributed by atoms with Gasteiger partial charge in [-0.3, -0.25) is 4.98 Å². The minimum Gasteiger partial charge on any atom is -0.456 e. The van der Waals surface area contributed by atoms with Crippen molar-refractivity contribution in [2.24, 2.45) is 0 Å². The summed E-state index contributed by atoms with van der Waals surface area (Å²) >= 11 is 0. The van der Waals surface area contributed by atoms with Gasteiger partial charge in [0.25, 0.3) is 0 Å². The number of hydrogen-bond acceptors (Lipinski definition) is 5. The van der Waals surface area contributed by atoms with Crippen LogP contribution in [-0.2, 0) is 16.2 Å². The van der Waals surface area contributed by atoms with Crippen LogP contribution < -0.4 is 4.90 Å². The van der Waals surface area contributed by atoms with E-state index in [9.17, 15) is 0 Å². The molecule has 0 saturated heterocycles. The van der Waals surface area contributed by atoms with E-state index in [0.29, 0.717) is 0 Å². The van der Waals surface area contributed by atoms with Gasteiger partial charge in [-0.1, -0.05) is 133 Å². The Labute approximate surface area is 421 Å². The van der Waals surface area contributed by atoms with E-state index >= 15 is 0 Å². The van der Waals surface area contributed by atoms with Crippen molar-refractivity contribution in [2.75, 3.05) is 4.90 Å². The molecule has 0 fully saturated rings. The summed E-state index contributed by atoms with van der Waals surface area (Å²) in [7, 11) is 0. The highest BCUT2D eigenvalue weighted by atomic mass is 16.3. The summed E-state index contributed by atoms with van der Waals surface area (Å²) in [5.41, 5.74) is 25.3. The standard InChI is InChI=1S/C68H48N2O3/c1-66(2)50-33-38(24-27-44(50)57-52(66)36-48(37-29-31-69-32-30-37)64-59(57)46-17-9-13-21-54(46)72-64)70(40-23-26-42-41-15-8-12-20-53(41)71-56(42)35-40)39-25-28-45-51(34-39)68(5,6)62-58(45)60-47-18-10-14-22-55(47)73-65(60)61-43-16-7-11-19-49(43)67(3,4)63(61)62/h7-36H,1-6H3. The number of fused-ring (bicyclic) bond motifs is 22. The monoisotopic (exact) mass is 940 g/mol. The first-order valence-corrected chi connectivity index (χ1v) is 25.5. The van der Waals surface area contributed by atoms with Crippen LogP contribution in [0.5, 0.6) is 0 Å². The average Bonchev–Trinajstić information content (AvgIpc) is 4.36. The van der Waals surface area contributed by atoms with E-state index in [4.69, 9.17) is 13.3 Å². The van der Waals surface area contributed by atoms with Crippen LogP contribution in [0.4, 0.5) is 17.1 Å². The van der Waals surface area contributed by atoms with Crippen molar-refractivity contribution in [2.45, 2.75) is 57.8 Å². The number of pyridine rings is 1. The summed E-state index contributed by atoms with van der Waals surface area (Å²) < 4.78 is 20.5. The average molecular weight is 941 g/mol. The number of benzene rings is 9. The SMILES string of the molecule is CC1(C)c2cc(N(c3ccc4c(c3)C(C)(C)c3c5c(c6oc7ccccc7c6c3-4)-c3ccccc3C5(C)C)c3ccc4c(c3)oc3ccccc34)ccc2-c2c1cc(-c1ccncc1)c1oc3ccccc3c21. The van der Waals surface area contributed by atoms with Crippen LogP contribution in [0.15, 0.2) is 196 Å². The van der Waals surface area contributed by atoms with Gasteiger partial charge in [-0.2, -0.15) is 0 Å². The molecule has 5 heteroatoms.